The zero-order valence-corrected chi connectivity index (χ0v) is 43.8. The maximum absolute atomic E-state index is 8.32. The highest BCUT2D eigenvalue weighted by Crippen LogP contribution is 2.54. The zero-order chi connectivity index (χ0) is 51.6. The minimum Gasteiger partial charge on any atom is -0.334 e. The molecule has 2 aliphatic heterocycles. The third kappa shape index (κ3) is 7.60. The summed E-state index contributed by atoms with van der Waals surface area (Å²) in [5.74, 6) is 0.390. The fraction of sp³-hybridized carbons (Fsp3) is 0.303. The molecule has 3 nitrogen and oxygen atoms in total. The van der Waals surface area contributed by atoms with Crippen molar-refractivity contribution in [3.63, 3.8) is 0 Å². The minimum atomic E-state index is -2.22. The van der Waals surface area contributed by atoms with Gasteiger partial charge >= 0.3 is 0 Å². The van der Waals surface area contributed by atoms with Crippen molar-refractivity contribution in [2.45, 2.75) is 129 Å². The Balaban J connectivity index is 1.24. The van der Waals surface area contributed by atoms with Crippen LogP contribution in [0.3, 0.4) is 0 Å². The summed E-state index contributed by atoms with van der Waals surface area (Å²) in [5.41, 5.74) is 20.3. The Kier molecular flexibility index (Phi) is 10.1. The van der Waals surface area contributed by atoms with E-state index < -0.39 is 6.85 Å². The first kappa shape index (κ1) is 42.4. The normalized spacial score (nSPS) is 19.3. The molecule has 0 fully saturated rings. The predicted molar refractivity (Wildman–Crippen MR) is 309 cm³/mol. The van der Waals surface area contributed by atoms with Crippen molar-refractivity contribution in [2.24, 2.45) is 0 Å². The van der Waals surface area contributed by atoms with Crippen LogP contribution in [-0.2, 0) is 16.2 Å². The first-order chi connectivity index (χ1) is 35.3. The predicted octanol–water partition coefficient (Wildman–Crippen LogP) is 16.7. The number of rotatable bonds is 7. The highest BCUT2D eigenvalue weighted by atomic mass is 32.1. The van der Waals surface area contributed by atoms with E-state index in [1.807, 2.05) is 23.5 Å². The Hall–Kier alpha value is -6.30. The lowest BCUT2D eigenvalue weighted by atomic mass is 9.35. The van der Waals surface area contributed by atoms with Crippen LogP contribution in [0.15, 0.2) is 169 Å². The smallest absolute Gasteiger partial charge is 0.264 e. The zero-order valence-electron chi connectivity index (χ0n) is 46.0. The van der Waals surface area contributed by atoms with Gasteiger partial charge in [0.25, 0.3) is 6.71 Å². The van der Waals surface area contributed by atoms with Gasteiger partial charge in [-0.15, -0.1) is 11.3 Å². The molecule has 1 aromatic heterocycles. The molecule has 356 valence electrons. The Morgan fingerprint density at radius 1 is 0.732 bits per heavy atom. The lowest BCUT2D eigenvalue weighted by Gasteiger charge is -2.49. The van der Waals surface area contributed by atoms with Crippen LogP contribution >= 0.6 is 11.3 Å². The van der Waals surface area contributed by atoms with E-state index in [0.717, 1.165) is 60.5 Å². The Morgan fingerprint density at radius 2 is 1.44 bits per heavy atom. The molecule has 0 N–H and O–H groups in total. The maximum Gasteiger partial charge on any atom is 0.264 e. The Morgan fingerprint density at radius 3 is 2.13 bits per heavy atom. The van der Waals surface area contributed by atoms with Crippen molar-refractivity contribution in [3.05, 3.63) is 197 Å². The second-order valence-corrected chi connectivity index (χ2v) is 24.5. The van der Waals surface area contributed by atoms with Crippen molar-refractivity contribution in [2.75, 3.05) is 14.7 Å². The van der Waals surface area contributed by atoms with Gasteiger partial charge in [-0.1, -0.05) is 159 Å². The molecule has 12 rings (SSSR count). The summed E-state index contributed by atoms with van der Waals surface area (Å²) in [4.78, 5) is 7.73. The monoisotopic (exact) mass is 949 g/mol. The second kappa shape index (κ2) is 16.9. The molecule has 5 aliphatic rings. The number of para-hydroxylation sites is 1. The van der Waals surface area contributed by atoms with Crippen molar-refractivity contribution in [1.29, 1.82) is 0 Å². The molecular weight excluding hydrogens is 878 g/mol. The van der Waals surface area contributed by atoms with E-state index in [9.17, 15) is 0 Å². The topological polar surface area (TPSA) is 9.72 Å². The Labute approximate surface area is 432 Å². The van der Waals surface area contributed by atoms with Crippen molar-refractivity contribution in [3.8, 4) is 0 Å². The standard InChI is InChI=1S/C66H68BN3S/c1-42(2)44-27-32-49(33-28-44)69-58-38-50(68(47-21-15-12-16-22-47)48-30-25-43(3)26-31-48)39-59-61(58)67(63-62(69)52-37-46(64(4,5)6)29-34-60(52)71-63)55-40-53-54(66(9,10)36-35-65(53,7)8)41-57(55)70(59)56-24-18-17-23-51(56)45-19-13-11-14-20-45/h11-13,15-19,21-23,25-34,37-42,56H,14,20,24,35-36H2,1-10H3/i3D3. The van der Waals surface area contributed by atoms with E-state index in [4.69, 9.17) is 4.11 Å². The molecule has 7 aromatic rings. The molecule has 1 atom stereocenters. The molecule has 71 heavy (non-hydrogen) atoms. The number of nitrogens with zero attached hydrogens (tertiary/aromatic N) is 3. The number of hydrogen-bond donors (Lipinski definition) is 0. The van der Waals surface area contributed by atoms with E-state index in [0.29, 0.717) is 11.5 Å². The van der Waals surface area contributed by atoms with E-state index in [1.165, 1.54) is 76.3 Å². The van der Waals surface area contributed by atoms with E-state index in [2.05, 4.69) is 211 Å². The van der Waals surface area contributed by atoms with Gasteiger partial charge in [0.05, 0.1) is 17.4 Å². The number of benzene rings is 6. The first-order valence-electron chi connectivity index (χ1n) is 27.6. The summed E-state index contributed by atoms with van der Waals surface area (Å²) in [7, 11) is 0. The van der Waals surface area contributed by atoms with Gasteiger partial charge < -0.3 is 14.7 Å². The molecule has 3 heterocycles. The van der Waals surface area contributed by atoms with Gasteiger partial charge in [-0.2, -0.15) is 0 Å². The van der Waals surface area contributed by atoms with Gasteiger partial charge in [0.1, 0.15) is 0 Å². The quantitative estimate of drug-likeness (QED) is 0.147. The van der Waals surface area contributed by atoms with Gasteiger partial charge in [-0.25, -0.2) is 0 Å². The van der Waals surface area contributed by atoms with Crippen LogP contribution in [0.5, 0.6) is 0 Å². The van der Waals surface area contributed by atoms with E-state index >= 15 is 0 Å². The van der Waals surface area contributed by atoms with Crippen LogP contribution in [0.2, 0.25) is 0 Å². The van der Waals surface area contributed by atoms with Crippen molar-refractivity contribution >= 4 is 89.3 Å². The second-order valence-electron chi connectivity index (χ2n) is 23.5. The van der Waals surface area contributed by atoms with E-state index in [-0.39, 0.29) is 29.0 Å². The largest absolute Gasteiger partial charge is 0.334 e. The SMILES string of the molecule is [2H]C([2H])([2H])c1ccc(N(c2ccccc2)c2cc3c4c(c2)N(C2CC=CC=C2C2=CC=CCC2)c2cc5c(cc2B4c2sc4ccc(C(C)(C)C)cc4c2N3c2ccc(C(C)C)cc2)C(C)(C)CCC5(C)C)cc1. The van der Waals surface area contributed by atoms with E-state index in [1.54, 1.807) is 12.1 Å². The number of aryl methyl sites for hydroxylation is 1. The molecule has 0 bridgehead atoms. The highest BCUT2D eigenvalue weighted by Gasteiger charge is 2.49. The summed E-state index contributed by atoms with van der Waals surface area (Å²) < 4.78 is 27.6. The summed E-state index contributed by atoms with van der Waals surface area (Å²) in [6, 6.07) is 45.0. The van der Waals surface area contributed by atoms with Gasteiger partial charge in [-0.05, 0) is 172 Å². The van der Waals surface area contributed by atoms with Crippen LogP contribution in [0, 0.1) is 6.85 Å². The summed E-state index contributed by atoms with van der Waals surface area (Å²) in [6.45, 7) is 19.1. The summed E-state index contributed by atoms with van der Waals surface area (Å²) in [6.07, 6.45) is 19.1. The van der Waals surface area contributed by atoms with Gasteiger partial charge in [-0.3, -0.25) is 0 Å². The average Bonchev–Trinajstić information content (AvgIpc) is 3.77. The number of fused-ring (bicyclic) bond motifs is 7. The fourth-order valence-electron chi connectivity index (χ4n) is 12.4. The molecule has 3 aliphatic carbocycles. The molecule has 0 radical (unpaired) electrons. The highest BCUT2D eigenvalue weighted by molar-refractivity contribution is 7.33. The number of thiophene rings is 1. The van der Waals surface area contributed by atoms with Crippen LogP contribution in [-0.4, -0.2) is 12.8 Å². The van der Waals surface area contributed by atoms with Gasteiger partial charge in [0.15, 0.2) is 0 Å². The van der Waals surface area contributed by atoms with Crippen LogP contribution in [0.25, 0.3) is 10.1 Å². The first-order valence-corrected chi connectivity index (χ1v) is 26.9. The lowest BCUT2D eigenvalue weighted by molar-refractivity contribution is 0.332. The fourth-order valence-corrected chi connectivity index (χ4v) is 13.7. The van der Waals surface area contributed by atoms with Gasteiger partial charge in [0.2, 0.25) is 0 Å². The van der Waals surface area contributed by atoms with Crippen LogP contribution < -0.4 is 30.4 Å². The van der Waals surface area contributed by atoms with Crippen molar-refractivity contribution < 1.29 is 4.11 Å². The maximum atomic E-state index is 8.32. The summed E-state index contributed by atoms with van der Waals surface area (Å²) in [5, 5.41) is 1.28. The molecule has 0 saturated carbocycles. The minimum absolute atomic E-state index is 0.00428. The number of allylic oxidation sites excluding steroid dienone is 5. The third-order valence-corrected chi connectivity index (χ3v) is 17.8. The molecule has 0 spiro atoms. The van der Waals surface area contributed by atoms with Crippen LogP contribution in [0.4, 0.5) is 45.5 Å². The van der Waals surface area contributed by atoms with Crippen molar-refractivity contribution in [1.82, 2.24) is 0 Å². The molecule has 1 unspecified atom stereocenters. The van der Waals surface area contributed by atoms with Gasteiger partial charge in [0, 0.05) is 53.1 Å². The molecule has 0 amide bonds. The third-order valence-electron chi connectivity index (χ3n) is 16.6. The van der Waals surface area contributed by atoms with Crippen LogP contribution in [0.1, 0.15) is 132 Å². The molecule has 6 aromatic carbocycles. The number of anilines is 8. The number of hydrogen-bond acceptors (Lipinski definition) is 4. The molecular formula is C66H68BN3S. The lowest BCUT2D eigenvalue weighted by Crippen LogP contribution is -2.62. The molecule has 0 saturated heterocycles. The summed E-state index contributed by atoms with van der Waals surface area (Å²) >= 11 is 1.98. The average molecular weight is 949 g/mol. The Bertz CT molecular complexity index is 3490. The molecule has 5 heteroatoms.